The van der Waals surface area contributed by atoms with E-state index in [1.54, 1.807) is 97.1 Å². The molecule has 69 heavy (non-hydrogen) atoms. The molecule has 0 radical (unpaired) electrons. The Morgan fingerprint density at radius 3 is 1.33 bits per heavy atom. The first-order valence-electron chi connectivity index (χ1n) is 24.2. The number of esters is 4. The topological polar surface area (TPSA) is 209 Å². The van der Waals surface area contributed by atoms with E-state index in [1.807, 2.05) is 12.2 Å². The number of hydrogen-bond donors (Lipinski definition) is 4. The van der Waals surface area contributed by atoms with Crippen LogP contribution in [0.3, 0.4) is 0 Å². The summed E-state index contributed by atoms with van der Waals surface area (Å²) in [7, 11) is 0. The van der Waals surface area contributed by atoms with E-state index in [4.69, 9.17) is 41.9 Å². The second-order valence-electron chi connectivity index (χ2n) is 17.8. The van der Waals surface area contributed by atoms with Gasteiger partial charge in [-0.05, 0) is 184 Å². The molecule has 0 aliphatic heterocycles. The SMILES string of the molecule is C=CCCC1CCC(OC(=O)c2ccc(/C=C/C(=O)OCCc3cc(N)ccc3N)cc2)CC1.C=CCCCC1CCC(OC(=O)c2ccc(/C=C/C(=O)OCCc3cc(N)ccc3N)cc2)CC1. The number of carbonyl (C=O) groups is 4. The maximum absolute atomic E-state index is 12.5. The molecule has 0 bridgehead atoms. The highest BCUT2D eigenvalue weighted by molar-refractivity contribution is 5.91. The summed E-state index contributed by atoms with van der Waals surface area (Å²) in [5.74, 6) is -0.0502. The van der Waals surface area contributed by atoms with Gasteiger partial charge in [0.2, 0.25) is 0 Å². The van der Waals surface area contributed by atoms with Crippen LogP contribution in [0.1, 0.15) is 126 Å². The molecule has 6 rings (SSSR count). The molecule has 12 nitrogen and oxygen atoms in total. The minimum Gasteiger partial charge on any atom is -0.462 e. The van der Waals surface area contributed by atoms with Crippen LogP contribution in [0.2, 0.25) is 0 Å². The van der Waals surface area contributed by atoms with E-state index in [0.717, 1.165) is 92.4 Å². The predicted molar refractivity (Wildman–Crippen MR) is 277 cm³/mol. The number of rotatable bonds is 21. The molecule has 0 spiro atoms. The molecule has 0 heterocycles. The molecule has 2 saturated carbocycles. The van der Waals surface area contributed by atoms with Crippen molar-refractivity contribution in [1.29, 1.82) is 0 Å². The monoisotopic (exact) mass is 939 g/mol. The zero-order chi connectivity index (χ0) is 49.4. The third kappa shape index (κ3) is 18.9. The molecule has 2 aliphatic rings. The fourth-order valence-corrected chi connectivity index (χ4v) is 8.51. The Hall–Kier alpha value is -7.08. The third-order valence-corrected chi connectivity index (χ3v) is 12.6. The number of carbonyl (C=O) groups excluding carboxylic acids is 4. The van der Waals surface area contributed by atoms with E-state index in [2.05, 4.69) is 13.2 Å². The number of unbranched alkanes of at least 4 members (excludes halogenated alkanes) is 1. The summed E-state index contributed by atoms with van der Waals surface area (Å²) in [5, 5.41) is 0. The predicted octanol–water partition coefficient (Wildman–Crippen LogP) is 11.1. The van der Waals surface area contributed by atoms with Crippen LogP contribution in [0, 0.1) is 11.8 Å². The van der Waals surface area contributed by atoms with Crippen LogP contribution < -0.4 is 22.9 Å². The van der Waals surface area contributed by atoms with Crippen LogP contribution in [0.25, 0.3) is 12.2 Å². The second-order valence-corrected chi connectivity index (χ2v) is 17.8. The van der Waals surface area contributed by atoms with Crippen molar-refractivity contribution in [3.63, 3.8) is 0 Å². The molecule has 12 heteroatoms. The van der Waals surface area contributed by atoms with Gasteiger partial charge in [-0.15, -0.1) is 13.2 Å². The van der Waals surface area contributed by atoms with Gasteiger partial charge in [-0.25, -0.2) is 19.2 Å². The second kappa shape index (κ2) is 28.3. The fraction of sp³-hybridized carbons (Fsp3) is 0.368. The largest absolute Gasteiger partial charge is 0.462 e. The zero-order valence-corrected chi connectivity index (χ0v) is 39.9. The standard InChI is InChI=1S/C29H36N2O4.C28H34N2O4/c1-2-3-4-5-21-8-14-26(15-9-21)35-29(33)23-11-6-22(7-12-23)10-17-28(32)34-19-18-24-20-25(30)13-16-27(24)31;1-2-3-4-20-7-13-25(14-8-20)34-28(32)22-10-5-21(6-11-22)9-16-27(31)33-18-17-23-19-24(29)12-15-26(23)30/h2,6-7,10-13,16-17,20-21,26H,1,3-5,8-9,14-15,18-19,30-31H2;2,5-6,9-12,15-16,19-20,25H,1,3-4,7-8,13-14,17-18,29-30H2/b17-10+;16-9+. The molecule has 0 aromatic heterocycles. The van der Waals surface area contributed by atoms with Crippen LogP contribution in [-0.2, 0) is 41.4 Å². The number of nitrogens with two attached hydrogens (primary N) is 4. The van der Waals surface area contributed by atoms with Gasteiger partial charge in [-0.2, -0.15) is 0 Å². The Bertz CT molecular complexity index is 2360. The number of allylic oxidation sites excluding steroid dienone is 2. The third-order valence-electron chi connectivity index (χ3n) is 12.6. The van der Waals surface area contributed by atoms with Gasteiger partial charge in [0.15, 0.2) is 0 Å². The first-order chi connectivity index (χ1) is 33.4. The Morgan fingerprint density at radius 2 is 0.928 bits per heavy atom. The molecule has 0 unspecified atom stereocenters. The molecule has 2 aliphatic carbocycles. The van der Waals surface area contributed by atoms with Gasteiger partial charge in [0.25, 0.3) is 0 Å². The molecule has 2 fully saturated rings. The maximum atomic E-state index is 12.5. The van der Waals surface area contributed by atoms with Crippen molar-refractivity contribution in [3.8, 4) is 0 Å². The molecule has 4 aromatic carbocycles. The number of anilines is 4. The molecular weight excluding hydrogens is 869 g/mol. The van der Waals surface area contributed by atoms with Crippen LogP contribution in [0.4, 0.5) is 22.7 Å². The smallest absolute Gasteiger partial charge is 0.338 e. The molecule has 0 atom stereocenters. The van der Waals surface area contributed by atoms with E-state index in [9.17, 15) is 19.2 Å². The molecule has 0 amide bonds. The molecular formula is C57H70N4O8. The first kappa shape index (κ1) is 52.9. The average molecular weight is 939 g/mol. The summed E-state index contributed by atoms with van der Waals surface area (Å²) in [6, 6.07) is 24.5. The highest BCUT2D eigenvalue weighted by Crippen LogP contribution is 2.31. The van der Waals surface area contributed by atoms with Gasteiger partial charge in [-0.1, -0.05) is 42.8 Å². The van der Waals surface area contributed by atoms with Gasteiger partial charge in [-0.3, -0.25) is 0 Å². The van der Waals surface area contributed by atoms with Crippen LogP contribution in [-0.4, -0.2) is 49.3 Å². The lowest BCUT2D eigenvalue weighted by Gasteiger charge is -2.28. The average Bonchev–Trinajstić information content (AvgIpc) is 3.35. The van der Waals surface area contributed by atoms with Crippen LogP contribution in [0.5, 0.6) is 0 Å². The zero-order valence-electron chi connectivity index (χ0n) is 39.9. The van der Waals surface area contributed by atoms with Gasteiger partial charge in [0.1, 0.15) is 12.2 Å². The summed E-state index contributed by atoms with van der Waals surface area (Å²) < 4.78 is 21.9. The van der Waals surface area contributed by atoms with Gasteiger partial charge >= 0.3 is 23.9 Å². The van der Waals surface area contributed by atoms with E-state index < -0.39 is 11.9 Å². The van der Waals surface area contributed by atoms with E-state index in [-0.39, 0.29) is 37.4 Å². The summed E-state index contributed by atoms with van der Waals surface area (Å²) >= 11 is 0. The molecule has 4 aromatic rings. The maximum Gasteiger partial charge on any atom is 0.338 e. The lowest BCUT2D eigenvalue weighted by atomic mass is 9.84. The lowest BCUT2D eigenvalue weighted by Crippen LogP contribution is -2.24. The van der Waals surface area contributed by atoms with Crippen molar-refractivity contribution >= 4 is 58.8 Å². The van der Waals surface area contributed by atoms with Crippen molar-refractivity contribution in [2.75, 3.05) is 36.1 Å². The Labute approximate surface area is 407 Å². The quantitative estimate of drug-likeness (QED) is 0.0154. The minimum atomic E-state index is -0.449. The van der Waals surface area contributed by atoms with Crippen molar-refractivity contribution in [3.05, 3.63) is 156 Å². The summed E-state index contributed by atoms with van der Waals surface area (Å²) in [6.45, 7) is 7.97. The van der Waals surface area contributed by atoms with Gasteiger partial charge in [0.05, 0.1) is 24.3 Å². The van der Waals surface area contributed by atoms with Crippen molar-refractivity contribution in [2.24, 2.45) is 11.8 Å². The summed E-state index contributed by atoms with van der Waals surface area (Å²) in [5.41, 5.74) is 30.1. The van der Waals surface area contributed by atoms with E-state index in [0.29, 0.717) is 52.6 Å². The Morgan fingerprint density at radius 1 is 0.522 bits per heavy atom. The lowest BCUT2D eigenvalue weighted by molar-refractivity contribution is -0.138. The normalized spacial score (nSPS) is 17.8. The number of benzene rings is 4. The van der Waals surface area contributed by atoms with Gasteiger partial charge in [0, 0.05) is 47.7 Å². The van der Waals surface area contributed by atoms with Gasteiger partial charge < -0.3 is 41.9 Å². The van der Waals surface area contributed by atoms with Crippen LogP contribution >= 0.6 is 0 Å². The Kier molecular flexibility index (Phi) is 21.7. The summed E-state index contributed by atoms with van der Waals surface area (Å²) in [6.07, 6.45) is 24.7. The summed E-state index contributed by atoms with van der Waals surface area (Å²) in [4.78, 5) is 49.0. The highest BCUT2D eigenvalue weighted by atomic mass is 16.6. The Balaban J connectivity index is 0.000000258. The number of hydrogen-bond acceptors (Lipinski definition) is 12. The number of nitrogen functional groups attached to an aromatic ring is 4. The molecule has 8 N–H and O–H groups in total. The van der Waals surface area contributed by atoms with Crippen molar-refractivity contribution in [1.82, 2.24) is 0 Å². The minimum absolute atomic E-state index is 0.00447. The molecule has 366 valence electrons. The van der Waals surface area contributed by atoms with Crippen molar-refractivity contribution < 1.29 is 38.1 Å². The molecule has 0 saturated heterocycles. The first-order valence-corrected chi connectivity index (χ1v) is 24.2. The van der Waals surface area contributed by atoms with Crippen LogP contribution in [0.15, 0.2) is 122 Å². The highest BCUT2D eigenvalue weighted by Gasteiger charge is 2.25. The van der Waals surface area contributed by atoms with E-state index in [1.165, 1.54) is 31.4 Å². The van der Waals surface area contributed by atoms with Crippen molar-refractivity contribution in [2.45, 2.75) is 109 Å². The number of ether oxygens (including phenoxy) is 4. The fourth-order valence-electron chi connectivity index (χ4n) is 8.51. The van der Waals surface area contributed by atoms with E-state index >= 15 is 0 Å².